The Bertz CT molecular complexity index is 411. The first-order valence-electron chi connectivity index (χ1n) is 8.00. The van der Waals surface area contributed by atoms with Crippen LogP contribution in [0.3, 0.4) is 0 Å². The van der Waals surface area contributed by atoms with Gasteiger partial charge in [0.05, 0.1) is 19.8 Å². The van der Waals surface area contributed by atoms with Gasteiger partial charge >= 0.3 is 0 Å². The molecule has 0 radical (unpaired) electrons. The third-order valence-electron chi connectivity index (χ3n) is 4.75. The molecule has 3 nitrogen and oxygen atoms in total. The van der Waals surface area contributed by atoms with Gasteiger partial charge in [0.25, 0.3) is 0 Å². The fourth-order valence-corrected chi connectivity index (χ4v) is 2.84. The van der Waals surface area contributed by atoms with Crippen LogP contribution in [-0.4, -0.2) is 26.4 Å². The average molecular weight is 292 g/mol. The van der Waals surface area contributed by atoms with Crippen LogP contribution >= 0.6 is 0 Å². The van der Waals surface area contributed by atoms with Crippen LogP contribution in [-0.2, 0) is 16.1 Å². The molecule has 0 spiro atoms. The minimum absolute atomic E-state index is 0.321. The second kappa shape index (κ2) is 7.81. The van der Waals surface area contributed by atoms with Gasteiger partial charge in [0.15, 0.2) is 0 Å². The SMILES string of the molecule is CCC(C)(CCCOCc1ccc(OC)cc1)C1CCO1. The van der Waals surface area contributed by atoms with Gasteiger partial charge in [-0.2, -0.15) is 0 Å². The van der Waals surface area contributed by atoms with E-state index < -0.39 is 0 Å². The fourth-order valence-electron chi connectivity index (χ4n) is 2.84. The van der Waals surface area contributed by atoms with Gasteiger partial charge in [-0.3, -0.25) is 0 Å². The van der Waals surface area contributed by atoms with Crippen molar-refractivity contribution in [2.24, 2.45) is 5.41 Å². The Balaban J connectivity index is 1.64. The van der Waals surface area contributed by atoms with Crippen LogP contribution in [0.15, 0.2) is 24.3 Å². The second-order valence-electron chi connectivity index (χ2n) is 6.16. The molecule has 2 atom stereocenters. The van der Waals surface area contributed by atoms with E-state index in [-0.39, 0.29) is 0 Å². The average Bonchev–Trinajstić information content (AvgIpc) is 2.45. The monoisotopic (exact) mass is 292 g/mol. The van der Waals surface area contributed by atoms with Gasteiger partial charge in [0.2, 0.25) is 0 Å². The zero-order chi connectivity index (χ0) is 15.1. The van der Waals surface area contributed by atoms with Crippen LogP contribution in [0.5, 0.6) is 5.75 Å². The largest absolute Gasteiger partial charge is 0.497 e. The molecular formula is C18H28O3. The topological polar surface area (TPSA) is 27.7 Å². The van der Waals surface area contributed by atoms with Gasteiger partial charge < -0.3 is 14.2 Å². The summed E-state index contributed by atoms with van der Waals surface area (Å²) in [6.07, 6.45) is 5.13. The van der Waals surface area contributed by atoms with Crippen LogP contribution in [0, 0.1) is 5.41 Å². The summed E-state index contributed by atoms with van der Waals surface area (Å²) in [7, 11) is 1.68. The lowest BCUT2D eigenvalue weighted by atomic mass is 9.75. The summed E-state index contributed by atoms with van der Waals surface area (Å²) >= 11 is 0. The maximum atomic E-state index is 5.78. The van der Waals surface area contributed by atoms with E-state index in [1.165, 1.54) is 24.8 Å². The molecule has 118 valence electrons. The van der Waals surface area contributed by atoms with Crippen molar-refractivity contribution < 1.29 is 14.2 Å². The van der Waals surface area contributed by atoms with Gasteiger partial charge in [-0.25, -0.2) is 0 Å². The highest BCUT2D eigenvalue weighted by Gasteiger charge is 2.37. The number of benzene rings is 1. The molecule has 2 rings (SSSR count). The second-order valence-corrected chi connectivity index (χ2v) is 6.16. The van der Waals surface area contributed by atoms with Crippen LogP contribution in [0.1, 0.15) is 45.1 Å². The van der Waals surface area contributed by atoms with E-state index in [9.17, 15) is 0 Å². The van der Waals surface area contributed by atoms with E-state index in [4.69, 9.17) is 14.2 Å². The van der Waals surface area contributed by atoms with Crippen molar-refractivity contribution in [1.82, 2.24) is 0 Å². The normalized spacial score (nSPS) is 20.6. The molecule has 0 aliphatic carbocycles. The lowest BCUT2D eigenvalue weighted by molar-refractivity contribution is -0.127. The Morgan fingerprint density at radius 1 is 1.29 bits per heavy atom. The van der Waals surface area contributed by atoms with Gasteiger partial charge in [-0.15, -0.1) is 0 Å². The van der Waals surface area contributed by atoms with Crippen molar-refractivity contribution in [2.75, 3.05) is 20.3 Å². The van der Waals surface area contributed by atoms with Gasteiger partial charge in [0, 0.05) is 13.2 Å². The number of hydrogen-bond donors (Lipinski definition) is 0. The maximum Gasteiger partial charge on any atom is 0.118 e. The standard InChI is InChI=1S/C18H28O3/c1-4-18(2,17-10-13-21-17)11-5-12-20-14-15-6-8-16(19-3)9-7-15/h6-9,17H,4-5,10-14H2,1-3H3. The summed E-state index contributed by atoms with van der Waals surface area (Å²) in [4.78, 5) is 0. The molecule has 21 heavy (non-hydrogen) atoms. The Labute approximate surface area is 128 Å². The van der Waals surface area contributed by atoms with Crippen molar-refractivity contribution in [3.63, 3.8) is 0 Å². The van der Waals surface area contributed by atoms with Gasteiger partial charge in [0.1, 0.15) is 5.75 Å². The van der Waals surface area contributed by atoms with Crippen molar-refractivity contribution >= 4 is 0 Å². The number of methoxy groups -OCH3 is 1. The summed E-state index contributed by atoms with van der Waals surface area (Å²) in [6, 6.07) is 8.05. The summed E-state index contributed by atoms with van der Waals surface area (Å²) in [5.74, 6) is 0.887. The molecule has 2 unspecified atom stereocenters. The molecule has 0 saturated carbocycles. The van der Waals surface area contributed by atoms with Crippen molar-refractivity contribution in [3.05, 3.63) is 29.8 Å². The first-order chi connectivity index (χ1) is 10.2. The molecule has 0 amide bonds. The molecule has 1 saturated heterocycles. The zero-order valence-electron chi connectivity index (χ0n) is 13.6. The zero-order valence-corrected chi connectivity index (χ0v) is 13.6. The molecule has 0 bridgehead atoms. The Morgan fingerprint density at radius 3 is 2.52 bits per heavy atom. The van der Waals surface area contributed by atoms with Crippen molar-refractivity contribution in [1.29, 1.82) is 0 Å². The summed E-state index contributed by atoms with van der Waals surface area (Å²) in [5, 5.41) is 0. The van der Waals surface area contributed by atoms with E-state index >= 15 is 0 Å². The number of hydrogen-bond acceptors (Lipinski definition) is 3. The first kappa shape index (κ1) is 16.3. The summed E-state index contributed by atoms with van der Waals surface area (Å²) in [6.45, 7) is 7.04. The summed E-state index contributed by atoms with van der Waals surface area (Å²) < 4.78 is 16.6. The van der Waals surface area contributed by atoms with E-state index in [0.717, 1.165) is 25.4 Å². The van der Waals surface area contributed by atoms with E-state index in [2.05, 4.69) is 26.0 Å². The molecule has 1 fully saturated rings. The molecule has 1 aromatic rings. The molecule has 1 aliphatic rings. The summed E-state index contributed by atoms with van der Waals surface area (Å²) in [5.41, 5.74) is 1.51. The van der Waals surface area contributed by atoms with Gasteiger partial charge in [-0.1, -0.05) is 26.0 Å². The fraction of sp³-hybridized carbons (Fsp3) is 0.667. The maximum absolute atomic E-state index is 5.78. The predicted octanol–water partition coefficient (Wildman–Crippen LogP) is 4.20. The molecular weight excluding hydrogens is 264 g/mol. The van der Waals surface area contributed by atoms with E-state index in [0.29, 0.717) is 18.1 Å². The highest BCUT2D eigenvalue weighted by Crippen LogP contribution is 2.38. The highest BCUT2D eigenvalue weighted by atomic mass is 16.5. The molecule has 0 aromatic heterocycles. The van der Waals surface area contributed by atoms with E-state index in [1.54, 1.807) is 7.11 Å². The Kier molecular flexibility index (Phi) is 6.07. The van der Waals surface area contributed by atoms with Crippen LogP contribution in [0.2, 0.25) is 0 Å². The van der Waals surface area contributed by atoms with Crippen molar-refractivity contribution in [3.8, 4) is 5.75 Å². The third kappa shape index (κ3) is 4.45. The highest BCUT2D eigenvalue weighted by molar-refractivity contribution is 5.26. The molecule has 3 heteroatoms. The predicted molar refractivity (Wildman–Crippen MR) is 84.6 cm³/mol. The molecule has 1 heterocycles. The lowest BCUT2D eigenvalue weighted by Crippen LogP contribution is -2.42. The van der Waals surface area contributed by atoms with Gasteiger partial charge in [-0.05, 0) is 48.8 Å². The number of ether oxygens (including phenoxy) is 3. The van der Waals surface area contributed by atoms with Crippen LogP contribution in [0.25, 0.3) is 0 Å². The van der Waals surface area contributed by atoms with Crippen molar-refractivity contribution in [2.45, 2.75) is 52.2 Å². The number of rotatable bonds is 9. The smallest absolute Gasteiger partial charge is 0.118 e. The van der Waals surface area contributed by atoms with E-state index in [1.807, 2.05) is 12.1 Å². The first-order valence-corrected chi connectivity index (χ1v) is 8.00. The lowest BCUT2D eigenvalue weighted by Gasteiger charge is -2.42. The molecule has 1 aliphatic heterocycles. The molecule has 0 N–H and O–H groups in total. The minimum atomic E-state index is 0.321. The quantitative estimate of drug-likeness (QED) is 0.638. The third-order valence-corrected chi connectivity index (χ3v) is 4.75. The Hall–Kier alpha value is -1.06. The minimum Gasteiger partial charge on any atom is -0.497 e. The Morgan fingerprint density at radius 2 is 2.00 bits per heavy atom. The molecule has 1 aromatic carbocycles. The van der Waals surface area contributed by atoms with Crippen LogP contribution < -0.4 is 4.74 Å². The van der Waals surface area contributed by atoms with Crippen LogP contribution in [0.4, 0.5) is 0 Å².